The van der Waals surface area contributed by atoms with Crippen molar-refractivity contribution < 1.29 is 36.3 Å². The number of carbonyl (C=O) groups excluding carboxylic acids is 3. The Kier molecular flexibility index (Phi) is 7.63. The fourth-order valence-corrected chi connectivity index (χ4v) is 8.13. The molecular weight excluding hydrogens is 626 g/mol. The summed E-state index contributed by atoms with van der Waals surface area (Å²) in [5, 5.41) is 5.96. The third-order valence-electron chi connectivity index (χ3n) is 8.68. The van der Waals surface area contributed by atoms with Gasteiger partial charge < -0.3 is 4.74 Å². The number of sulfone groups is 1. The second-order valence-electron chi connectivity index (χ2n) is 11.6. The van der Waals surface area contributed by atoms with E-state index in [-0.39, 0.29) is 38.2 Å². The number of benzene rings is 4. The molecule has 4 aromatic rings. The van der Waals surface area contributed by atoms with Gasteiger partial charge in [-0.25, -0.2) is 27.0 Å². The maximum Gasteiger partial charge on any atom is 0.338 e. The normalized spacial score (nSPS) is 20.2. The molecule has 7 rings (SSSR count). The van der Waals surface area contributed by atoms with Crippen molar-refractivity contribution in [2.75, 3.05) is 6.61 Å². The number of hydrazone groups is 1. The molecule has 0 spiro atoms. The first-order valence-electron chi connectivity index (χ1n) is 14.9. The van der Waals surface area contributed by atoms with E-state index in [2.05, 4.69) is 0 Å². The summed E-state index contributed by atoms with van der Waals surface area (Å²) in [5.74, 6) is -3.07. The van der Waals surface area contributed by atoms with Gasteiger partial charge in [-0.1, -0.05) is 36.4 Å². The Morgan fingerprint density at radius 2 is 1.57 bits per heavy atom. The van der Waals surface area contributed by atoms with E-state index in [1.165, 1.54) is 59.6 Å². The minimum atomic E-state index is -4.09. The van der Waals surface area contributed by atoms with Crippen molar-refractivity contribution >= 4 is 39.3 Å². The molecule has 47 heavy (non-hydrogen) atoms. The van der Waals surface area contributed by atoms with Crippen LogP contribution in [0.5, 0.6) is 0 Å². The molecule has 0 aromatic heterocycles. The highest BCUT2D eigenvalue weighted by Gasteiger charge is 2.44. The van der Waals surface area contributed by atoms with Gasteiger partial charge in [0.1, 0.15) is 11.6 Å². The molecule has 2 atom stereocenters. The molecule has 0 saturated heterocycles. The average molecular weight is 653 g/mol. The van der Waals surface area contributed by atoms with Gasteiger partial charge in [-0.3, -0.25) is 9.59 Å². The van der Waals surface area contributed by atoms with Gasteiger partial charge in [0.15, 0.2) is 12.4 Å². The molecule has 3 aliphatic rings. The standard InChI is InChI=1S/C36H26F2N2O6S/c37-25-13-8-21(9-14-25)18-23-4-3-6-29-33(23)39-40(34(29)22-10-15-26(38)16-11-22)32(41)20-46-36(43)24-12-17-28-31(19-24)47(44,45)30-7-2-1-5-27(30)35(28)42/h1-2,5,7-19,29,34H,3-4,6,20H2/b23-18-. The van der Waals surface area contributed by atoms with Crippen LogP contribution >= 0.6 is 0 Å². The average Bonchev–Trinajstić information content (AvgIpc) is 3.48. The first kappa shape index (κ1) is 30.4. The number of carbonyl (C=O) groups is 3. The second kappa shape index (κ2) is 11.8. The Balaban J connectivity index is 1.15. The monoisotopic (exact) mass is 652 g/mol. The third kappa shape index (κ3) is 5.46. The maximum absolute atomic E-state index is 13.9. The van der Waals surface area contributed by atoms with Gasteiger partial charge in [0.25, 0.3) is 5.91 Å². The van der Waals surface area contributed by atoms with Crippen molar-refractivity contribution in [1.29, 1.82) is 0 Å². The van der Waals surface area contributed by atoms with Gasteiger partial charge in [-0.15, -0.1) is 0 Å². The second-order valence-corrected chi connectivity index (χ2v) is 13.4. The highest BCUT2D eigenvalue weighted by atomic mass is 32.2. The number of esters is 1. The molecular formula is C36H26F2N2O6S. The van der Waals surface area contributed by atoms with Crippen LogP contribution in [0.1, 0.15) is 62.7 Å². The van der Waals surface area contributed by atoms with Crippen molar-refractivity contribution in [3.63, 3.8) is 0 Å². The number of ketones is 1. The highest BCUT2D eigenvalue weighted by molar-refractivity contribution is 7.91. The molecule has 1 fully saturated rings. The molecule has 8 nitrogen and oxygen atoms in total. The lowest BCUT2D eigenvalue weighted by molar-refractivity contribution is -0.137. The van der Waals surface area contributed by atoms with E-state index >= 15 is 0 Å². The molecule has 1 aliphatic carbocycles. The molecule has 0 N–H and O–H groups in total. The number of rotatable bonds is 5. The Bertz CT molecular complexity index is 2130. The summed E-state index contributed by atoms with van der Waals surface area (Å²) in [6.45, 7) is -0.706. The summed E-state index contributed by atoms with van der Waals surface area (Å²) in [5.41, 5.74) is 2.85. The fraction of sp³-hybridized carbons (Fsp3) is 0.167. The van der Waals surface area contributed by atoms with E-state index in [1.807, 2.05) is 6.08 Å². The number of allylic oxidation sites excluding steroid dienone is 1. The Hall–Kier alpha value is -5.29. The van der Waals surface area contributed by atoms with Crippen molar-refractivity contribution in [2.24, 2.45) is 11.0 Å². The van der Waals surface area contributed by atoms with Gasteiger partial charge in [-0.05, 0) is 96.6 Å². The molecule has 11 heteroatoms. The van der Waals surface area contributed by atoms with Crippen LogP contribution in [-0.2, 0) is 19.4 Å². The van der Waals surface area contributed by atoms with E-state index in [0.717, 1.165) is 23.6 Å². The summed E-state index contributed by atoms with van der Waals surface area (Å²) in [6.07, 6.45) is 4.11. The Morgan fingerprint density at radius 1 is 0.894 bits per heavy atom. The molecule has 2 heterocycles. The highest BCUT2D eigenvalue weighted by Crippen LogP contribution is 2.44. The molecule has 0 bridgehead atoms. The molecule has 2 aliphatic heterocycles. The zero-order valence-corrected chi connectivity index (χ0v) is 25.5. The van der Waals surface area contributed by atoms with Crippen molar-refractivity contribution in [3.05, 3.63) is 136 Å². The van der Waals surface area contributed by atoms with E-state index < -0.39 is 46.0 Å². The molecule has 4 aromatic carbocycles. The third-order valence-corrected chi connectivity index (χ3v) is 10.5. The number of hydrogen-bond acceptors (Lipinski definition) is 7. The van der Waals surface area contributed by atoms with Crippen LogP contribution < -0.4 is 0 Å². The Labute approximate surface area is 268 Å². The van der Waals surface area contributed by atoms with Crippen molar-refractivity contribution in [3.8, 4) is 0 Å². The lowest BCUT2D eigenvalue weighted by Gasteiger charge is -2.29. The van der Waals surface area contributed by atoms with E-state index in [9.17, 15) is 31.6 Å². The quantitative estimate of drug-likeness (QED) is 0.206. The number of ether oxygens (including phenoxy) is 1. The first-order valence-corrected chi connectivity index (χ1v) is 16.4. The molecule has 0 radical (unpaired) electrons. The zero-order chi connectivity index (χ0) is 32.9. The van der Waals surface area contributed by atoms with Crippen LogP contribution in [0.2, 0.25) is 0 Å². The summed E-state index contributed by atoms with van der Waals surface area (Å²) in [6, 6.07) is 20.7. The number of halogens is 2. The summed E-state index contributed by atoms with van der Waals surface area (Å²) < 4.78 is 59.3. The van der Waals surface area contributed by atoms with Crippen LogP contribution in [0, 0.1) is 17.6 Å². The van der Waals surface area contributed by atoms with Crippen LogP contribution in [0.3, 0.4) is 0 Å². The first-order chi connectivity index (χ1) is 22.6. The minimum Gasteiger partial charge on any atom is -0.452 e. The number of fused-ring (bicyclic) bond motifs is 3. The topological polar surface area (TPSA) is 110 Å². The lowest BCUT2D eigenvalue weighted by Crippen LogP contribution is -2.34. The van der Waals surface area contributed by atoms with E-state index in [0.29, 0.717) is 24.1 Å². The van der Waals surface area contributed by atoms with Crippen molar-refractivity contribution in [1.82, 2.24) is 5.01 Å². The van der Waals surface area contributed by atoms with Crippen LogP contribution in [-0.4, -0.2) is 43.4 Å². The number of nitrogens with zero attached hydrogens (tertiary/aromatic N) is 2. The summed E-state index contributed by atoms with van der Waals surface area (Å²) in [7, 11) is -4.09. The van der Waals surface area contributed by atoms with E-state index in [1.54, 1.807) is 30.3 Å². The molecule has 1 saturated carbocycles. The van der Waals surface area contributed by atoms with Crippen LogP contribution in [0.15, 0.2) is 111 Å². The SMILES string of the molecule is O=C(OCC(=O)N1N=C2/C(=C\c3ccc(F)cc3)CCCC2C1c1ccc(F)cc1)c1ccc2c(c1)S(=O)(=O)c1ccccc1C2=O. The smallest absolute Gasteiger partial charge is 0.338 e. The summed E-state index contributed by atoms with van der Waals surface area (Å²) >= 11 is 0. The molecule has 2 unspecified atom stereocenters. The number of amides is 1. The summed E-state index contributed by atoms with van der Waals surface area (Å²) in [4.78, 5) is 39.3. The maximum atomic E-state index is 13.9. The Morgan fingerprint density at radius 3 is 2.32 bits per heavy atom. The molecule has 1 amide bonds. The van der Waals surface area contributed by atoms with Crippen LogP contribution in [0.25, 0.3) is 6.08 Å². The molecule has 236 valence electrons. The predicted octanol–water partition coefficient (Wildman–Crippen LogP) is 6.32. The largest absolute Gasteiger partial charge is 0.452 e. The van der Waals surface area contributed by atoms with Crippen LogP contribution in [0.4, 0.5) is 8.78 Å². The predicted molar refractivity (Wildman–Crippen MR) is 167 cm³/mol. The fourth-order valence-electron chi connectivity index (χ4n) is 6.45. The zero-order valence-electron chi connectivity index (χ0n) is 24.7. The van der Waals surface area contributed by atoms with Crippen molar-refractivity contribution in [2.45, 2.75) is 35.1 Å². The van der Waals surface area contributed by atoms with Gasteiger partial charge in [-0.2, -0.15) is 5.10 Å². The lowest BCUT2D eigenvalue weighted by atomic mass is 9.77. The minimum absolute atomic E-state index is 0.0556. The van der Waals surface area contributed by atoms with Gasteiger partial charge >= 0.3 is 5.97 Å². The van der Waals surface area contributed by atoms with Gasteiger partial charge in [0.2, 0.25) is 9.84 Å². The van der Waals surface area contributed by atoms with E-state index in [4.69, 9.17) is 9.84 Å². The van der Waals surface area contributed by atoms with Gasteiger partial charge in [0.05, 0.1) is 27.1 Å². The van der Waals surface area contributed by atoms with Gasteiger partial charge in [0, 0.05) is 17.0 Å². The number of hydrogen-bond donors (Lipinski definition) is 0.